The summed E-state index contributed by atoms with van der Waals surface area (Å²) < 4.78 is 0. The molecule has 0 spiro atoms. The summed E-state index contributed by atoms with van der Waals surface area (Å²) in [4.78, 5) is 26.0. The van der Waals surface area contributed by atoms with E-state index >= 15 is 0 Å². The molecule has 4 nitrogen and oxygen atoms in total. The molecule has 20 heavy (non-hydrogen) atoms. The SMILES string of the molecule is CCCC1(C(=O)O)CCCN1C(=O)CC1CCSCC1. The first-order chi connectivity index (χ1) is 9.60. The number of hydrogen-bond donors (Lipinski definition) is 1. The van der Waals surface area contributed by atoms with Gasteiger partial charge in [-0.15, -0.1) is 0 Å². The molecule has 2 aliphatic heterocycles. The van der Waals surface area contributed by atoms with E-state index in [1.54, 1.807) is 4.90 Å². The Morgan fingerprint density at radius 1 is 1.35 bits per heavy atom. The number of carbonyl (C=O) groups excluding carboxylic acids is 1. The van der Waals surface area contributed by atoms with Crippen LogP contribution in [-0.2, 0) is 9.59 Å². The number of aliphatic carboxylic acids is 1. The lowest BCUT2D eigenvalue weighted by molar-refractivity contribution is -0.157. The van der Waals surface area contributed by atoms with Crippen LogP contribution in [0.4, 0.5) is 0 Å². The Morgan fingerprint density at radius 3 is 2.65 bits per heavy atom. The van der Waals surface area contributed by atoms with Crippen LogP contribution in [0.2, 0.25) is 0 Å². The predicted octanol–water partition coefficient (Wildman–Crippen LogP) is 2.77. The van der Waals surface area contributed by atoms with Crippen LogP contribution in [0.1, 0.15) is 51.9 Å². The van der Waals surface area contributed by atoms with Gasteiger partial charge in [-0.25, -0.2) is 4.79 Å². The molecule has 0 aromatic carbocycles. The number of carboxylic acid groups (broad SMARTS) is 1. The maximum absolute atomic E-state index is 12.6. The number of hydrogen-bond acceptors (Lipinski definition) is 3. The molecule has 0 radical (unpaired) electrons. The van der Waals surface area contributed by atoms with E-state index < -0.39 is 11.5 Å². The van der Waals surface area contributed by atoms with Gasteiger partial charge in [0.15, 0.2) is 0 Å². The van der Waals surface area contributed by atoms with Gasteiger partial charge in [-0.2, -0.15) is 11.8 Å². The number of amides is 1. The van der Waals surface area contributed by atoms with Crippen LogP contribution in [0.5, 0.6) is 0 Å². The molecule has 1 N–H and O–H groups in total. The minimum atomic E-state index is -0.921. The fraction of sp³-hybridized carbons (Fsp3) is 0.867. The molecule has 0 aromatic heterocycles. The highest BCUT2D eigenvalue weighted by atomic mass is 32.2. The minimum Gasteiger partial charge on any atom is -0.479 e. The summed E-state index contributed by atoms with van der Waals surface area (Å²) >= 11 is 1.95. The Hall–Kier alpha value is -0.710. The van der Waals surface area contributed by atoms with Crippen LogP contribution in [0.3, 0.4) is 0 Å². The third kappa shape index (κ3) is 3.13. The molecule has 1 amide bonds. The molecular formula is C15H25NO3S. The van der Waals surface area contributed by atoms with Gasteiger partial charge in [0.1, 0.15) is 5.54 Å². The second-order valence-electron chi connectivity index (χ2n) is 6.00. The second kappa shape index (κ2) is 6.83. The Kier molecular flexibility index (Phi) is 5.35. The molecule has 0 saturated carbocycles. The van der Waals surface area contributed by atoms with Gasteiger partial charge in [-0.1, -0.05) is 13.3 Å². The smallest absolute Gasteiger partial charge is 0.329 e. The van der Waals surface area contributed by atoms with Crippen molar-refractivity contribution in [3.05, 3.63) is 0 Å². The average Bonchev–Trinajstić information content (AvgIpc) is 2.85. The third-order valence-corrected chi connectivity index (χ3v) is 5.70. The Balaban J connectivity index is 2.04. The van der Waals surface area contributed by atoms with Crippen molar-refractivity contribution in [2.24, 2.45) is 5.92 Å². The maximum atomic E-state index is 12.6. The summed E-state index contributed by atoms with van der Waals surface area (Å²) in [5.41, 5.74) is -0.921. The number of nitrogens with zero attached hydrogens (tertiary/aromatic N) is 1. The first-order valence-corrected chi connectivity index (χ1v) is 8.87. The fourth-order valence-corrected chi connectivity index (χ4v) is 4.76. The van der Waals surface area contributed by atoms with Crippen molar-refractivity contribution in [2.45, 2.75) is 57.4 Å². The lowest BCUT2D eigenvalue weighted by atomic mass is 9.89. The second-order valence-corrected chi connectivity index (χ2v) is 7.22. The molecule has 0 bridgehead atoms. The van der Waals surface area contributed by atoms with Crippen molar-refractivity contribution in [3.63, 3.8) is 0 Å². The molecule has 0 aromatic rings. The third-order valence-electron chi connectivity index (χ3n) is 4.66. The Morgan fingerprint density at radius 2 is 2.05 bits per heavy atom. The zero-order valence-corrected chi connectivity index (χ0v) is 13.1. The minimum absolute atomic E-state index is 0.0650. The van der Waals surface area contributed by atoms with Crippen molar-refractivity contribution in [2.75, 3.05) is 18.1 Å². The predicted molar refractivity (Wildman–Crippen MR) is 80.9 cm³/mol. The lowest BCUT2D eigenvalue weighted by Gasteiger charge is -2.36. The van der Waals surface area contributed by atoms with E-state index in [4.69, 9.17) is 0 Å². The van der Waals surface area contributed by atoms with Gasteiger partial charge in [0, 0.05) is 13.0 Å². The fourth-order valence-electron chi connectivity index (χ4n) is 3.55. The van der Waals surface area contributed by atoms with Gasteiger partial charge < -0.3 is 10.0 Å². The molecule has 2 rings (SSSR count). The van der Waals surface area contributed by atoms with E-state index in [1.807, 2.05) is 18.7 Å². The Labute approximate surface area is 125 Å². The molecule has 1 unspecified atom stereocenters. The van der Waals surface area contributed by atoms with Gasteiger partial charge in [0.2, 0.25) is 5.91 Å². The van der Waals surface area contributed by atoms with Crippen LogP contribution in [-0.4, -0.2) is 45.5 Å². The molecule has 1 atom stereocenters. The van der Waals surface area contributed by atoms with Crippen LogP contribution in [0, 0.1) is 5.92 Å². The zero-order valence-electron chi connectivity index (χ0n) is 12.3. The lowest BCUT2D eigenvalue weighted by Crippen LogP contribution is -2.53. The summed E-state index contributed by atoms with van der Waals surface area (Å²) in [5, 5.41) is 9.62. The van der Waals surface area contributed by atoms with E-state index in [0.717, 1.165) is 37.2 Å². The topological polar surface area (TPSA) is 57.6 Å². The van der Waals surface area contributed by atoms with Gasteiger partial charge in [-0.05, 0) is 49.5 Å². The van der Waals surface area contributed by atoms with E-state index in [-0.39, 0.29) is 5.91 Å². The average molecular weight is 299 g/mol. The first kappa shape index (κ1) is 15.7. The van der Waals surface area contributed by atoms with Gasteiger partial charge in [0.05, 0.1) is 0 Å². The van der Waals surface area contributed by atoms with E-state index in [1.165, 1.54) is 0 Å². The van der Waals surface area contributed by atoms with E-state index in [2.05, 4.69) is 0 Å². The Bertz CT molecular complexity index is 368. The molecule has 2 aliphatic rings. The summed E-state index contributed by atoms with van der Waals surface area (Å²) in [7, 11) is 0. The van der Waals surface area contributed by atoms with Gasteiger partial charge >= 0.3 is 5.97 Å². The maximum Gasteiger partial charge on any atom is 0.329 e. The summed E-state index contributed by atoms with van der Waals surface area (Å²) in [6, 6.07) is 0. The standard InChI is InChI=1S/C15H25NO3S/c1-2-6-15(14(18)19)7-3-8-16(15)13(17)11-12-4-9-20-10-5-12/h12H,2-11H2,1H3,(H,18,19). The van der Waals surface area contributed by atoms with Crippen LogP contribution in [0.15, 0.2) is 0 Å². The largest absolute Gasteiger partial charge is 0.479 e. The highest BCUT2D eigenvalue weighted by Crippen LogP contribution is 2.36. The van der Waals surface area contributed by atoms with Crippen molar-refractivity contribution >= 4 is 23.6 Å². The van der Waals surface area contributed by atoms with Crippen molar-refractivity contribution in [3.8, 4) is 0 Å². The first-order valence-electron chi connectivity index (χ1n) is 7.72. The highest BCUT2D eigenvalue weighted by Gasteiger charge is 2.49. The number of carboxylic acids is 1. The normalized spacial score (nSPS) is 27.8. The molecule has 2 heterocycles. The molecule has 2 saturated heterocycles. The van der Waals surface area contributed by atoms with Crippen LogP contribution >= 0.6 is 11.8 Å². The summed E-state index contributed by atoms with van der Waals surface area (Å²) in [6.07, 6.45) is 5.54. The molecule has 5 heteroatoms. The van der Waals surface area contributed by atoms with Gasteiger partial charge in [-0.3, -0.25) is 4.79 Å². The quantitative estimate of drug-likeness (QED) is 0.848. The van der Waals surface area contributed by atoms with Crippen molar-refractivity contribution in [1.29, 1.82) is 0 Å². The molecular weight excluding hydrogens is 274 g/mol. The number of likely N-dealkylation sites (tertiary alicyclic amines) is 1. The summed E-state index contributed by atoms with van der Waals surface area (Å²) in [6.45, 7) is 2.61. The summed E-state index contributed by atoms with van der Waals surface area (Å²) in [5.74, 6) is 1.98. The number of rotatable bonds is 5. The van der Waals surface area contributed by atoms with E-state index in [9.17, 15) is 14.7 Å². The number of carbonyl (C=O) groups is 2. The van der Waals surface area contributed by atoms with Gasteiger partial charge in [0.25, 0.3) is 0 Å². The molecule has 2 fully saturated rings. The van der Waals surface area contributed by atoms with E-state index in [0.29, 0.717) is 31.7 Å². The number of thioether (sulfide) groups is 1. The monoisotopic (exact) mass is 299 g/mol. The van der Waals surface area contributed by atoms with Crippen molar-refractivity contribution in [1.82, 2.24) is 4.90 Å². The highest BCUT2D eigenvalue weighted by molar-refractivity contribution is 7.99. The molecule has 114 valence electrons. The zero-order chi connectivity index (χ0) is 14.6. The van der Waals surface area contributed by atoms with Crippen LogP contribution < -0.4 is 0 Å². The molecule has 0 aliphatic carbocycles. The van der Waals surface area contributed by atoms with Crippen molar-refractivity contribution < 1.29 is 14.7 Å². The van der Waals surface area contributed by atoms with Crippen LogP contribution in [0.25, 0.3) is 0 Å².